The molecule has 1 unspecified atom stereocenters. The molecule has 0 saturated heterocycles. The van der Waals surface area contributed by atoms with Gasteiger partial charge in [0.1, 0.15) is 6.10 Å². The first-order valence-corrected chi connectivity index (χ1v) is 5.26. The minimum absolute atomic E-state index is 0. The Labute approximate surface area is 112 Å². The number of hydrogen-bond donors (Lipinski definition) is 2. The number of benzene rings is 1. The number of amides is 1. The molecule has 1 atom stereocenters. The average Bonchev–Trinajstić information content (AvgIpc) is 2.25. The van der Waals surface area contributed by atoms with Crippen molar-refractivity contribution in [1.29, 1.82) is 0 Å². The van der Waals surface area contributed by atoms with Gasteiger partial charge in [0.05, 0.1) is 10.7 Å². The molecule has 0 fully saturated rings. The van der Waals surface area contributed by atoms with Gasteiger partial charge in [0, 0.05) is 13.7 Å². The second-order valence-electron chi connectivity index (χ2n) is 3.43. The molecule has 1 rings (SSSR count). The number of nitrogens with one attached hydrogen (secondary N) is 1. The lowest BCUT2D eigenvalue weighted by atomic mass is 10.2. The van der Waals surface area contributed by atoms with E-state index in [0.29, 0.717) is 10.7 Å². The molecule has 0 heterocycles. The second-order valence-corrected chi connectivity index (χ2v) is 3.84. The molecular weight excluding hydrogens is 263 g/mol. The smallest absolute Gasteiger partial charge is 0.254 e. The van der Waals surface area contributed by atoms with E-state index < -0.39 is 6.10 Å². The highest BCUT2D eigenvalue weighted by Gasteiger charge is 2.16. The lowest BCUT2D eigenvalue weighted by Gasteiger charge is -2.14. The quantitative estimate of drug-likeness (QED) is 0.885. The van der Waals surface area contributed by atoms with Crippen molar-refractivity contribution in [3.05, 3.63) is 28.8 Å². The first-order chi connectivity index (χ1) is 7.58. The average molecular weight is 279 g/mol. The molecule has 0 aromatic heterocycles. The van der Waals surface area contributed by atoms with E-state index >= 15 is 0 Å². The summed E-state index contributed by atoms with van der Waals surface area (Å²) in [6.45, 7) is 2.05. The number of ether oxygens (including phenoxy) is 1. The SMILES string of the molecule is COC(CN)C(=O)Nc1cc(C)ccc1Cl.Cl. The van der Waals surface area contributed by atoms with E-state index in [4.69, 9.17) is 22.1 Å². The number of carbonyl (C=O) groups excluding carboxylic acids is 1. The van der Waals surface area contributed by atoms with Gasteiger partial charge < -0.3 is 15.8 Å². The molecule has 0 saturated carbocycles. The third-order valence-corrected chi connectivity index (χ3v) is 2.50. The van der Waals surface area contributed by atoms with Crippen molar-refractivity contribution >= 4 is 35.6 Å². The maximum Gasteiger partial charge on any atom is 0.254 e. The van der Waals surface area contributed by atoms with Gasteiger partial charge in [-0.05, 0) is 24.6 Å². The first-order valence-electron chi connectivity index (χ1n) is 4.88. The summed E-state index contributed by atoms with van der Waals surface area (Å²) in [6, 6.07) is 5.40. The maximum absolute atomic E-state index is 11.7. The number of anilines is 1. The van der Waals surface area contributed by atoms with Gasteiger partial charge in [-0.15, -0.1) is 12.4 Å². The van der Waals surface area contributed by atoms with Crippen molar-refractivity contribution < 1.29 is 9.53 Å². The van der Waals surface area contributed by atoms with E-state index in [-0.39, 0.29) is 24.9 Å². The van der Waals surface area contributed by atoms with Crippen LogP contribution >= 0.6 is 24.0 Å². The van der Waals surface area contributed by atoms with Crippen molar-refractivity contribution in [3.63, 3.8) is 0 Å². The largest absolute Gasteiger partial charge is 0.370 e. The van der Waals surface area contributed by atoms with Crippen molar-refractivity contribution in [3.8, 4) is 0 Å². The minimum Gasteiger partial charge on any atom is -0.370 e. The normalized spacial score (nSPS) is 11.5. The summed E-state index contributed by atoms with van der Waals surface area (Å²) in [4.78, 5) is 11.7. The molecule has 0 radical (unpaired) electrons. The standard InChI is InChI=1S/C11H15ClN2O2.ClH/c1-7-3-4-8(12)9(5-7)14-11(15)10(6-13)16-2;/h3-5,10H,6,13H2,1-2H3,(H,14,15);1H. The van der Waals surface area contributed by atoms with E-state index in [1.54, 1.807) is 12.1 Å². The Morgan fingerprint density at radius 3 is 2.76 bits per heavy atom. The maximum atomic E-state index is 11.7. The molecule has 6 heteroatoms. The monoisotopic (exact) mass is 278 g/mol. The summed E-state index contributed by atoms with van der Waals surface area (Å²) in [5.74, 6) is -0.294. The zero-order chi connectivity index (χ0) is 12.1. The Hall–Kier alpha value is -0.810. The number of hydrogen-bond acceptors (Lipinski definition) is 3. The van der Waals surface area contributed by atoms with E-state index in [1.807, 2.05) is 13.0 Å². The van der Waals surface area contributed by atoms with Crippen LogP contribution in [0.4, 0.5) is 5.69 Å². The fourth-order valence-corrected chi connectivity index (χ4v) is 1.42. The minimum atomic E-state index is -0.656. The predicted octanol–water partition coefficient (Wildman–Crippen LogP) is 1.98. The van der Waals surface area contributed by atoms with Crippen LogP contribution in [0, 0.1) is 6.92 Å². The molecule has 4 nitrogen and oxygen atoms in total. The van der Waals surface area contributed by atoms with Crippen LogP contribution in [0.2, 0.25) is 5.02 Å². The number of carbonyl (C=O) groups is 1. The Morgan fingerprint density at radius 2 is 2.24 bits per heavy atom. The van der Waals surface area contributed by atoms with Crippen molar-refractivity contribution in [2.75, 3.05) is 19.0 Å². The zero-order valence-electron chi connectivity index (χ0n) is 9.70. The molecule has 1 aromatic carbocycles. The molecule has 1 amide bonds. The summed E-state index contributed by atoms with van der Waals surface area (Å²) in [5, 5.41) is 3.17. The lowest BCUT2D eigenvalue weighted by Crippen LogP contribution is -2.35. The van der Waals surface area contributed by atoms with Crippen LogP contribution < -0.4 is 11.1 Å². The Morgan fingerprint density at radius 1 is 1.59 bits per heavy atom. The summed E-state index contributed by atoms with van der Waals surface area (Å²) in [5.41, 5.74) is 6.97. The van der Waals surface area contributed by atoms with Gasteiger partial charge in [-0.1, -0.05) is 17.7 Å². The molecule has 0 aliphatic rings. The molecular formula is C11H16Cl2N2O2. The van der Waals surface area contributed by atoms with Crippen LogP contribution in [0.15, 0.2) is 18.2 Å². The van der Waals surface area contributed by atoms with Crippen LogP contribution in [0.3, 0.4) is 0 Å². The highest BCUT2D eigenvalue weighted by atomic mass is 35.5. The van der Waals surface area contributed by atoms with Gasteiger partial charge in [-0.3, -0.25) is 4.79 Å². The number of nitrogens with two attached hydrogens (primary N) is 1. The molecule has 0 spiro atoms. The Balaban J connectivity index is 0.00000256. The van der Waals surface area contributed by atoms with E-state index in [2.05, 4.69) is 5.32 Å². The van der Waals surface area contributed by atoms with E-state index in [1.165, 1.54) is 7.11 Å². The summed E-state index contributed by atoms with van der Waals surface area (Å²) < 4.78 is 4.92. The predicted molar refractivity (Wildman–Crippen MR) is 71.9 cm³/mol. The highest BCUT2D eigenvalue weighted by Crippen LogP contribution is 2.22. The van der Waals surface area contributed by atoms with Gasteiger partial charge in [0.15, 0.2) is 0 Å². The molecule has 1 aromatic rings. The summed E-state index contributed by atoms with van der Waals surface area (Å²) >= 11 is 5.94. The number of methoxy groups -OCH3 is 1. The van der Waals surface area contributed by atoms with Crippen molar-refractivity contribution in [2.24, 2.45) is 5.73 Å². The summed E-state index contributed by atoms with van der Waals surface area (Å²) in [6.07, 6.45) is -0.656. The molecule has 17 heavy (non-hydrogen) atoms. The molecule has 0 bridgehead atoms. The van der Waals surface area contributed by atoms with Crippen LogP contribution in [-0.2, 0) is 9.53 Å². The van der Waals surface area contributed by atoms with Crippen LogP contribution in [-0.4, -0.2) is 25.7 Å². The van der Waals surface area contributed by atoms with Gasteiger partial charge in [-0.2, -0.15) is 0 Å². The fourth-order valence-electron chi connectivity index (χ4n) is 1.26. The first kappa shape index (κ1) is 16.2. The third kappa shape index (κ3) is 4.52. The van der Waals surface area contributed by atoms with Crippen LogP contribution in [0.5, 0.6) is 0 Å². The molecule has 0 aliphatic carbocycles. The number of halogens is 2. The summed E-state index contributed by atoms with van der Waals surface area (Å²) in [7, 11) is 1.44. The molecule has 0 aliphatic heterocycles. The molecule has 3 N–H and O–H groups in total. The number of rotatable bonds is 4. The third-order valence-electron chi connectivity index (χ3n) is 2.17. The molecule has 96 valence electrons. The highest BCUT2D eigenvalue weighted by molar-refractivity contribution is 6.33. The van der Waals surface area contributed by atoms with E-state index in [0.717, 1.165) is 5.56 Å². The topological polar surface area (TPSA) is 64.3 Å². The van der Waals surface area contributed by atoms with E-state index in [9.17, 15) is 4.79 Å². The Kier molecular flexibility index (Phi) is 7.15. The second kappa shape index (κ2) is 7.50. The van der Waals surface area contributed by atoms with Gasteiger partial charge in [-0.25, -0.2) is 0 Å². The van der Waals surface area contributed by atoms with Gasteiger partial charge in [0.2, 0.25) is 0 Å². The van der Waals surface area contributed by atoms with Crippen LogP contribution in [0.1, 0.15) is 5.56 Å². The fraction of sp³-hybridized carbons (Fsp3) is 0.364. The zero-order valence-corrected chi connectivity index (χ0v) is 11.3. The number of aryl methyl sites for hydroxylation is 1. The van der Waals surface area contributed by atoms with Crippen molar-refractivity contribution in [1.82, 2.24) is 0 Å². The van der Waals surface area contributed by atoms with Gasteiger partial charge in [0.25, 0.3) is 5.91 Å². The Bertz CT molecular complexity index is 382. The van der Waals surface area contributed by atoms with Crippen LogP contribution in [0.25, 0.3) is 0 Å². The van der Waals surface area contributed by atoms with Gasteiger partial charge >= 0.3 is 0 Å². The lowest BCUT2D eigenvalue weighted by molar-refractivity contribution is -0.125. The van der Waals surface area contributed by atoms with Crippen molar-refractivity contribution in [2.45, 2.75) is 13.0 Å².